The van der Waals surface area contributed by atoms with Gasteiger partial charge in [-0.2, -0.15) is 4.31 Å². The smallest absolute Gasteiger partial charge is 0.244 e. The molecular formula is C34H35BrN6O4S2. The first-order chi connectivity index (χ1) is 22.6. The molecule has 1 aliphatic rings. The Kier molecular flexibility index (Phi) is 10.1. The molecule has 2 unspecified atom stereocenters. The molecule has 1 fully saturated rings. The summed E-state index contributed by atoms with van der Waals surface area (Å²) in [6, 6.07) is 20.9. The maximum atomic E-state index is 14.1. The van der Waals surface area contributed by atoms with Crippen LogP contribution in [0, 0.1) is 0 Å². The standard InChI is InChI=1S/C34H35BrN6O4S2/c1-24-21-39-31(23-41(24)47(44,45)33-9-2-6-26-22-37-17-14-28(26)33)34-30-7-3-8-32(29(30)15-18-38-34)46(42,43)40-20-19-36-16-4-5-25-10-12-27(35)13-11-25/h2-15,17-18,22,24,31,36,39-40H,16,19-21,23H2,1H3. The van der Waals surface area contributed by atoms with Crippen LogP contribution in [0.25, 0.3) is 27.6 Å². The Hall–Kier alpha value is -3.56. The Morgan fingerprint density at radius 3 is 2.51 bits per heavy atom. The summed E-state index contributed by atoms with van der Waals surface area (Å²) in [6.45, 7) is 3.66. The number of piperazine rings is 1. The number of rotatable bonds is 11. The number of nitrogens with one attached hydrogen (secondary N) is 3. The predicted octanol–water partition coefficient (Wildman–Crippen LogP) is 4.85. The zero-order chi connectivity index (χ0) is 33.0. The molecule has 0 bridgehead atoms. The van der Waals surface area contributed by atoms with E-state index in [-0.39, 0.29) is 28.9 Å². The van der Waals surface area contributed by atoms with E-state index in [0.29, 0.717) is 41.5 Å². The van der Waals surface area contributed by atoms with Crippen LogP contribution in [0.1, 0.15) is 24.2 Å². The van der Waals surface area contributed by atoms with Gasteiger partial charge in [0.2, 0.25) is 20.0 Å². The van der Waals surface area contributed by atoms with Crippen LogP contribution in [0.3, 0.4) is 0 Å². The third-order valence-electron chi connectivity index (χ3n) is 8.19. The van der Waals surface area contributed by atoms with E-state index in [1.807, 2.05) is 55.5 Å². The van der Waals surface area contributed by atoms with Crippen LogP contribution in [0.4, 0.5) is 0 Å². The molecule has 0 saturated carbocycles. The van der Waals surface area contributed by atoms with Gasteiger partial charge in [-0.3, -0.25) is 9.97 Å². The Morgan fingerprint density at radius 1 is 0.915 bits per heavy atom. The molecule has 10 nitrogen and oxygen atoms in total. The third-order valence-corrected chi connectivity index (χ3v) is 12.3. The molecule has 0 aliphatic carbocycles. The second kappa shape index (κ2) is 14.3. The monoisotopic (exact) mass is 734 g/mol. The normalized spacial score (nSPS) is 17.9. The number of hydrogen-bond donors (Lipinski definition) is 3. The molecule has 3 N–H and O–H groups in total. The van der Waals surface area contributed by atoms with E-state index in [0.717, 1.165) is 15.4 Å². The fourth-order valence-corrected chi connectivity index (χ4v) is 9.20. The molecule has 1 saturated heterocycles. The van der Waals surface area contributed by atoms with Gasteiger partial charge in [0.05, 0.1) is 21.5 Å². The molecule has 47 heavy (non-hydrogen) atoms. The summed E-state index contributed by atoms with van der Waals surface area (Å²) in [4.78, 5) is 9.12. The van der Waals surface area contributed by atoms with Crippen LogP contribution in [-0.4, -0.2) is 69.9 Å². The summed E-state index contributed by atoms with van der Waals surface area (Å²) in [5.41, 5.74) is 1.67. The minimum absolute atomic E-state index is 0.133. The van der Waals surface area contributed by atoms with Crippen molar-refractivity contribution in [3.63, 3.8) is 0 Å². The van der Waals surface area contributed by atoms with Gasteiger partial charge in [0.1, 0.15) is 0 Å². The molecule has 5 aromatic rings. The average Bonchev–Trinajstić information content (AvgIpc) is 3.08. The number of halogens is 1. The van der Waals surface area contributed by atoms with E-state index in [1.54, 1.807) is 55.0 Å². The second-order valence-corrected chi connectivity index (χ2v) is 15.9. The van der Waals surface area contributed by atoms with Gasteiger partial charge in [-0.1, -0.05) is 64.5 Å². The van der Waals surface area contributed by atoms with Crippen molar-refractivity contribution in [3.8, 4) is 0 Å². The number of nitrogens with zero attached hydrogens (tertiary/aromatic N) is 3. The van der Waals surface area contributed by atoms with E-state index in [2.05, 4.69) is 41.3 Å². The molecule has 244 valence electrons. The number of pyridine rings is 2. The molecule has 3 aromatic carbocycles. The average molecular weight is 736 g/mol. The fraction of sp³-hybridized carbons (Fsp3) is 0.235. The lowest BCUT2D eigenvalue weighted by atomic mass is 10.0. The minimum atomic E-state index is -3.88. The van der Waals surface area contributed by atoms with Crippen LogP contribution < -0.4 is 15.4 Å². The maximum absolute atomic E-state index is 14.1. The van der Waals surface area contributed by atoms with Crippen molar-refractivity contribution in [1.82, 2.24) is 29.6 Å². The third kappa shape index (κ3) is 7.31. The summed E-state index contributed by atoms with van der Waals surface area (Å²) in [5.74, 6) is 0. The van der Waals surface area contributed by atoms with Gasteiger partial charge in [-0.05, 0) is 48.9 Å². The molecule has 2 atom stereocenters. The molecule has 0 radical (unpaired) electrons. The lowest BCUT2D eigenvalue weighted by molar-refractivity contribution is 0.236. The highest BCUT2D eigenvalue weighted by molar-refractivity contribution is 9.10. The van der Waals surface area contributed by atoms with Crippen molar-refractivity contribution in [1.29, 1.82) is 0 Å². The summed E-state index contributed by atoms with van der Waals surface area (Å²) in [7, 11) is -7.72. The van der Waals surface area contributed by atoms with E-state index < -0.39 is 26.1 Å². The van der Waals surface area contributed by atoms with Crippen LogP contribution in [0.15, 0.2) is 112 Å². The van der Waals surface area contributed by atoms with Crippen LogP contribution in [0.2, 0.25) is 0 Å². The molecule has 0 amide bonds. The van der Waals surface area contributed by atoms with Crippen molar-refractivity contribution in [2.45, 2.75) is 28.8 Å². The predicted molar refractivity (Wildman–Crippen MR) is 189 cm³/mol. The van der Waals surface area contributed by atoms with Crippen molar-refractivity contribution in [3.05, 3.63) is 113 Å². The first-order valence-corrected chi connectivity index (χ1v) is 18.9. The van der Waals surface area contributed by atoms with Crippen molar-refractivity contribution < 1.29 is 16.8 Å². The topological polar surface area (TPSA) is 133 Å². The lowest BCUT2D eigenvalue weighted by Crippen LogP contribution is -2.53. The van der Waals surface area contributed by atoms with Gasteiger partial charge >= 0.3 is 0 Å². The summed E-state index contributed by atoms with van der Waals surface area (Å²) >= 11 is 3.43. The zero-order valence-electron chi connectivity index (χ0n) is 25.7. The quantitative estimate of drug-likeness (QED) is 0.164. The molecule has 3 heterocycles. The van der Waals surface area contributed by atoms with E-state index in [9.17, 15) is 16.8 Å². The largest absolute Gasteiger partial charge is 0.312 e. The van der Waals surface area contributed by atoms with E-state index in [4.69, 9.17) is 0 Å². The van der Waals surface area contributed by atoms with Crippen molar-refractivity contribution in [2.24, 2.45) is 0 Å². The van der Waals surface area contributed by atoms with Gasteiger partial charge < -0.3 is 10.6 Å². The first-order valence-electron chi connectivity index (χ1n) is 15.2. The van der Waals surface area contributed by atoms with Crippen molar-refractivity contribution >= 4 is 63.6 Å². The number of hydrogen-bond acceptors (Lipinski definition) is 8. The fourth-order valence-electron chi connectivity index (χ4n) is 5.82. The molecule has 6 rings (SSSR count). The summed E-state index contributed by atoms with van der Waals surface area (Å²) in [5, 5.41) is 9.19. The number of benzene rings is 3. The Labute approximate surface area is 283 Å². The molecular weight excluding hydrogens is 700 g/mol. The zero-order valence-corrected chi connectivity index (χ0v) is 28.9. The first kappa shape index (κ1) is 33.3. The number of aromatic nitrogens is 2. The van der Waals surface area contributed by atoms with E-state index in [1.165, 1.54) is 4.31 Å². The Morgan fingerprint density at radius 2 is 1.68 bits per heavy atom. The highest BCUT2D eigenvalue weighted by Crippen LogP contribution is 2.33. The van der Waals surface area contributed by atoms with Crippen LogP contribution >= 0.6 is 15.9 Å². The lowest BCUT2D eigenvalue weighted by Gasteiger charge is -2.38. The Balaban J connectivity index is 1.17. The highest BCUT2D eigenvalue weighted by Gasteiger charge is 2.37. The molecule has 13 heteroatoms. The van der Waals surface area contributed by atoms with Crippen LogP contribution in [0.5, 0.6) is 0 Å². The van der Waals surface area contributed by atoms with Gasteiger partial charge in [-0.15, -0.1) is 0 Å². The molecule has 1 aliphatic heterocycles. The van der Waals surface area contributed by atoms with Gasteiger partial charge in [0.15, 0.2) is 0 Å². The molecule has 2 aromatic heterocycles. The minimum Gasteiger partial charge on any atom is -0.312 e. The maximum Gasteiger partial charge on any atom is 0.244 e. The summed E-state index contributed by atoms with van der Waals surface area (Å²) in [6.07, 6.45) is 8.81. The van der Waals surface area contributed by atoms with Gasteiger partial charge in [-0.25, -0.2) is 21.6 Å². The van der Waals surface area contributed by atoms with Gasteiger partial charge in [0, 0.05) is 83.4 Å². The number of sulfonamides is 2. The Bertz CT molecular complexity index is 2140. The highest BCUT2D eigenvalue weighted by atomic mass is 79.9. The number of fused-ring (bicyclic) bond motifs is 2. The second-order valence-electron chi connectivity index (χ2n) is 11.3. The SMILES string of the molecule is CC1CNC(c2nccc3c(S(=O)(=O)NCCNCC=Cc4ccc(Br)cc4)cccc23)CN1S(=O)(=O)c1cccc2cnccc12. The van der Waals surface area contributed by atoms with Crippen LogP contribution in [-0.2, 0) is 20.0 Å². The van der Waals surface area contributed by atoms with E-state index >= 15 is 0 Å². The van der Waals surface area contributed by atoms with Crippen molar-refractivity contribution in [2.75, 3.05) is 32.7 Å². The summed E-state index contributed by atoms with van der Waals surface area (Å²) < 4.78 is 60.2. The van der Waals surface area contributed by atoms with Gasteiger partial charge in [0.25, 0.3) is 0 Å². The molecule has 0 spiro atoms.